The third-order valence-electron chi connectivity index (χ3n) is 7.73. The molecular weight excluding hydrogens is 713 g/mol. The van der Waals surface area contributed by atoms with Gasteiger partial charge in [-0.05, 0) is 55.2 Å². The minimum absolute atomic E-state index is 0.0229. The van der Waals surface area contributed by atoms with Gasteiger partial charge in [0, 0.05) is 31.8 Å². The highest BCUT2D eigenvalue weighted by Gasteiger charge is 2.62. The monoisotopic (exact) mass is 736 g/mol. The molecule has 17 heteroatoms. The number of alkyl halides is 5. The summed E-state index contributed by atoms with van der Waals surface area (Å²) in [7, 11) is 1.57. The Hall–Kier alpha value is -3.72. The predicted octanol–water partition coefficient (Wildman–Crippen LogP) is 8.93. The van der Waals surface area contributed by atoms with Gasteiger partial charge in [0.1, 0.15) is 18.2 Å². The van der Waals surface area contributed by atoms with E-state index in [1.54, 1.807) is 7.05 Å². The Balaban J connectivity index is 1.43. The molecule has 0 spiro atoms. The lowest BCUT2D eigenvalue weighted by atomic mass is 9.90. The molecule has 4 aromatic rings. The number of hydrogen-bond donors (Lipinski definition) is 2. The number of benzene rings is 3. The number of ketones is 1. The van der Waals surface area contributed by atoms with Crippen molar-refractivity contribution in [1.82, 2.24) is 9.55 Å². The molecule has 1 atom stereocenters. The van der Waals surface area contributed by atoms with Crippen LogP contribution < -0.4 is 15.4 Å². The second-order valence-corrected chi connectivity index (χ2v) is 12.0. The second kappa shape index (κ2) is 14.0. The fourth-order valence-electron chi connectivity index (χ4n) is 5.26. The minimum Gasteiger partial charge on any atom is -0.487 e. The Morgan fingerprint density at radius 3 is 2.50 bits per heavy atom. The van der Waals surface area contributed by atoms with Crippen molar-refractivity contribution in [2.75, 3.05) is 23.8 Å². The first-order chi connectivity index (χ1) is 22.6. The van der Waals surface area contributed by atoms with E-state index in [0.717, 1.165) is 6.07 Å². The van der Waals surface area contributed by atoms with E-state index in [4.69, 9.17) is 44.3 Å². The standard InChI is InChI=1S/C31H25Cl3F6N4O4/c1-44-22-13-23(47-14-25(36)37)17(28(46)41-16-5-7-20(35)19(33)11-16)12-21(22)42-29(44)43-27-18(32)6-3-15(26(27)34)4-8-24(45)30(31(38,39)40)9-2-10-48-30/h3,5-7,11-13,25H,2,4,8-10,14H2,1H3,(H,41,46)(H,42,43). The van der Waals surface area contributed by atoms with Crippen LogP contribution in [-0.4, -0.2) is 52.7 Å². The van der Waals surface area contributed by atoms with Crippen LogP contribution in [0.2, 0.25) is 15.1 Å². The molecule has 256 valence electrons. The van der Waals surface area contributed by atoms with Gasteiger partial charge in [0.25, 0.3) is 12.3 Å². The topological polar surface area (TPSA) is 94.5 Å². The molecule has 0 bridgehead atoms. The van der Waals surface area contributed by atoms with Gasteiger partial charge in [-0.15, -0.1) is 0 Å². The zero-order valence-corrected chi connectivity index (χ0v) is 27.1. The summed E-state index contributed by atoms with van der Waals surface area (Å²) in [5, 5.41) is 5.37. The third kappa shape index (κ3) is 7.16. The number of anilines is 3. The van der Waals surface area contributed by atoms with Crippen LogP contribution in [-0.2, 0) is 23.0 Å². The highest BCUT2D eigenvalue weighted by molar-refractivity contribution is 6.39. The Bertz CT molecular complexity index is 1880. The summed E-state index contributed by atoms with van der Waals surface area (Å²) in [4.78, 5) is 30.4. The lowest BCUT2D eigenvalue weighted by molar-refractivity contribution is -0.252. The van der Waals surface area contributed by atoms with E-state index in [-0.39, 0.29) is 68.7 Å². The molecule has 0 radical (unpaired) electrons. The van der Waals surface area contributed by atoms with Crippen molar-refractivity contribution in [3.63, 3.8) is 0 Å². The van der Waals surface area contributed by atoms with Crippen molar-refractivity contribution in [2.45, 2.75) is 43.9 Å². The summed E-state index contributed by atoms with van der Waals surface area (Å²) in [5.74, 6) is -2.67. The maximum atomic E-state index is 13.8. The molecule has 1 fully saturated rings. The molecule has 1 unspecified atom stereocenters. The van der Waals surface area contributed by atoms with Crippen LogP contribution in [0, 0.1) is 5.82 Å². The molecule has 0 aliphatic carbocycles. The number of ether oxygens (including phenoxy) is 2. The summed E-state index contributed by atoms with van der Waals surface area (Å²) in [6.07, 6.45) is -8.71. The first-order valence-electron chi connectivity index (χ1n) is 14.3. The molecule has 48 heavy (non-hydrogen) atoms. The summed E-state index contributed by atoms with van der Waals surface area (Å²) in [5.41, 5.74) is -1.87. The van der Waals surface area contributed by atoms with Gasteiger partial charge in [0.05, 0.1) is 37.4 Å². The van der Waals surface area contributed by atoms with Crippen molar-refractivity contribution >= 4 is 74.8 Å². The third-order valence-corrected chi connectivity index (χ3v) is 8.76. The first kappa shape index (κ1) is 35.6. The van der Waals surface area contributed by atoms with Crippen LogP contribution in [0.3, 0.4) is 0 Å². The van der Waals surface area contributed by atoms with E-state index in [2.05, 4.69) is 15.6 Å². The second-order valence-electron chi connectivity index (χ2n) is 10.8. The first-order valence-corrected chi connectivity index (χ1v) is 15.4. The van der Waals surface area contributed by atoms with Crippen molar-refractivity contribution in [3.8, 4) is 5.75 Å². The van der Waals surface area contributed by atoms with Gasteiger partial charge in [-0.1, -0.05) is 40.9 Å². The molecular formula is C31H25Cl3F6N4O4. The molecule has 2 N–H and O–H groups in total. The maximum absolute atomic E-state index is 13.8. The summed E-state index contributed by atoms with van der Waals surface area (Å²) in [6, 6.07) is 9.03. The molecule has 0 saturated carbocycles. The predicted molar refractivity (Wildman–Crippen MR) is 169 cm³/mol. The fraction of sp³-hybridized carbons (Fsp3) is 0.323. The number of carbonyl (C=O) groups is 2. The molecule has 1 aliphatic heterocycles. The molecule has 8 nitrogen and oxygen atoms in total. The highest BCUT2D eigenvalue weighted by atomic mass is 35.5. The number of nitrogens with zero attached hydrogens (tertiary/aromatic N) is 2. The number of carbonyl (C=O) groups excluding carboxylic acids is 2. The number of rotatable bonds is 11. The van der Waals surface area contributed by atoms with Gasteiger partial charge >= 0.3 is 6.18 Å². The lowest BCUT2D eigenvalue weighted by Gasteiger charge is -2.29. The average molecular weight is 738 g/mol. The zero-order valence-electron chi connectivity index (χ0n) is 24.8. The Kier molecular flexibility index (Phi) is 10.4. The number of amides is 1. The van der Waals surface area contributed by atoms with Crippen LogP contribution in [0.4, 0.5) is 43.7 Å². The summed E-state index contributed by atoms with van der Waals surface area (Å²) < 4.78 is 92.7. The van der Waals surface area contributed by atoms with Gasteiger partial charge in [-0.3, -0.25) is 9.59 Å². The Morgan fingerprint density at radius 2 is 1.85 bits per heavy atom. The molecule has 1 aromatic heterocycles. The smallest absolute Gasteiger partial charge is 0.424 e. The number of nitrogens with one attached hydrogen (secondary N) is 2. The van der Waals surface area contributed by atoms with E-state index in [1.807, 2.05) is 0 Å². The number of imidazole rings is 1. The van der Waals surface area contributed by atoms with E-state index in [9.17, 15) is 35.9 Å². The molecule has 5 rings (SSSR count). The summed E-state index contributed by atoms with van der Waals surface area (Å²) >= 11 is 18.8. The number of aromatic nitrogens is 2. The number of halogens is 9. The molecule has 3 aromatic carbocycles. The SMILES string of the molecule is Cn1c(Nc2c(Cl)ccc(CCC(=O)C3(C(F)(F)F)CCCO3)c2Cl)nc2cc(C(=O)Nc3ccc(F)c(Cl)c3)c(OCC(F)F)cc21. The molecule has 1 saturated heterocycles. The van der Waals surface area contributed by atoms with Gasteiger partial charge in [-0.25, -0.2) is 18.2 Å². The van der Waals surface area contributed by atoms with Crippen molar-refractivity contribution < 1.29 is 45.4 Å². The van der Waals surface area contributed by atoms with Crippen molar-refractivity contribution in [3.05, 3.63) is 74.5 Å². The largest absolute Gasteiger partial charge is 0.487 e. The maximum Gasteiger partial charge on any atom is 0.424 e. The number of hydrogen-bond acceptors (Lipinski definition) is 6. The molecule has 1 amide bonds. The average Bonchev–Trinajstić information content (AvgIpc) is 3.65. The molecule has 1 aliphatic rings. The van der Waals surface area contributed by atoms with Gasteiger partial charge in [0.15, 0.2) is 5.78 Å². The van der Waals surface area contributed by atoms with Crippen LogP contribution in [0.1, 0.15) is 35.2 Å². The lowest BCUT2D eigenvalue weighted by Crippen LogP contribution is -2.51. The van der Waals surface area contributed by atoms with Crippen molar-refractivity contribution in [1.29, 1.82) is 0 Å². The van der Waals surface area contributed by atoms with Crippen LogP contribution >= 0.6 is 34.8 Å². The zero-order chi connectivity index (χ0) is 35.0. The van der Waals surface area contributed by atoms with Crippen LogP contribution in [0.15, 0.2) is 42.5 Å². The minimum atomic E-state index is -4.86. The quantitative estimate of drug-likeness (QED) is 0.149. The van der Waals surface area contributed by atoms with Crippen LogP contribution in [0.5, 0.6) is 5.75 Å². The van der Waals surface area contributed by atoms with E-state index < -0.39 is 55.2 Å². The summed E-state index contributed by atoms with van der Waals surface area (Å²) in [6.45, 7) is -1.19. The normalized spacial score (nSPS) is 16.5. The number of aryl methyl sites for hydroxylation is 2. The Morgan fingerprint density at radius 1 is 1.10 bits per heavy atom. The van der Waals surface area contributed by atoms with Crippen molar-refractivity contribution in [2.24, 2.45) is 7.05 Å². The van der Waals surface area contributed by atoms with E-state index in [0.29, 0.717) is 11.1 Å². The van der Waals surface area contributed by atoms with Gasteiger partial charge in [-0.2, -0.15) is 13.2 Å². The van der Waals surface area contributed by atoms with E-state index in [1.165, 1.54) is 41.0 Å². The number of fused-ring (bicyclic) bond motifs is 1. The number of Topliss-reactive ketones (excluding diaryl/α,β-unsaturated/α-hetero) is 1. The van der Waals surface area contributed by atoms with Gasteiger partial charge in [0.2, 0.25) is 11.5 Å². The Labute approximate surface area is 284 Å². The fourth-order valence-corrected chi connectivity index (χ4v) is 6.00. The van der Waals surface area contributed by atoms with Crippen LogP contribution in [0.25, 0.3) is 11.0 Å². The van der Waals surface area contributed by atoms with Gasteiger partial charge < -0.3 is 24.7 Å². The van der Waals surface area contributed by atoms with E-state index >= 15 is 0 Å². The molecule has 2 heterocycles. The highest BCUT2D eigenvalue weighted by Crippen LogP contribution is 2.43.